The topological polar surface area (TPSA) is 77.6 Å². The highest BCUT2D eigenvalue weighted by molar-refractivity contribution is 5.85. The molecule has 4 aromatic rings. The van der Waals surface area contributed by atoms with Gasteiger partial charge in [0.05, 0.1) is 28.3 Å². The van der Waals surface area contributed by atoms with Gasteiger partial charge in [-0.2, -0.15) is 0 Å². The predicted molar refractivity (Wildman–Crippen MR) is 223 cm³/mol. The molecule has 5 heterocycles. The minimum Gasteiger partial charge on any atom is -0.384 e. The van der Waals surface area contributed by atoms with Crippen molar-refractivity contribution in [2.45, 2.75) is 137 Å². The summed E-state index contributed by atoms with van der Waals surface area (Å²) in [6, 6.07) is 16.9. The monoisotopic (exact) mass is 696 g/mol. The van der Waals surface area contributed by atoms with Gasteiger partial charge in [0.1, 0.15) is 6.10 Å². The van der Waals surface area contributed by atoms with Crippen molar-refractivity contribution in [3.05, 3.63) is 105 Å². The molecular formula is C47H60N4O. The van der Waals surface area contributed by atoms with Crippen LogP contribution in [0.15, 0.2) is 48.5 Å². The van der Waals surface area contributed by atoms with Gasteiger partial charge in [-0.15, -0.1) is 0 Å². The van der Waals surface area contributed by atoms with Gasteiger partial charge in [0.15, 0.2) is 0 Å². The van der Waals surface area contributed by atoms with E-state index in [2.05, 4.69) is 108 Å². The largest absolute Gasteiger partial charge is 0.384 e. The van der Waals surface area contributed by atoms with Crippen LogP contribution in [0.5, 0.6) is 0 Å². The molecule has 0 radical (unpaired) electrons. The van der Waals surface area contributed by atoms with Gasteiger partial charge in [-0.05, 0) is 123 Å². The standard InChI is InChI=1S/C47H60N4O/c1-9-29(10-2)42-35-22-23-36(48-35)43(30(11-3)12-4)38-26-27-40(50-38)45(32(15-7)16-8)46-34(47(52)33-20-18-17-19-21-33)28-41(51-46)44(31(13-5)14-6)39-25-24-37(42)49-39/h17-32,47,49,51-52H,9-16H2,1-8H3. The highest BCUT2D eigenvalue weighted by Gasteiger charge is 2.27. The van der Waals surface area contributed by atoms with E-state index in [9.17, 15) is 5.11 Å². The number of hydrogen-bond donors (Lipinski definition) is 3. The zero-order chi connectivity index (χ0) is 36.9. The molecule has 2 aliphatic rings. The van der Waals surface area contributed by atoms with Crippen molar-refractivity contribution in [1.29, 1.82) is 0 Å². The molecule has 0 amide bonds. The molecule has 0 saturated carbocycles. The normalized spacial score (nSPS) is 13.4. The summed E-state index contributed by atoms with van der Waals surface area (Å²) in [5, 5.41) is 12.3. The van der Waals surface area contributed by atoms with Crippen LogP contribution >= 0.6 is 0 Å². The van der Waals surface area contributed by atoms with Gasteiger partial charge >= 0.3 is 0 Å². The molecule has 1 aromatic carbocycles. The second-order valence-electron chi connectivity index (χ2n) is 14.8. The Labute approximate surface area is 311 Å². The molecule has 0 spiro atoms. The van der Waals surface area contributed by atoms with E-state index in [1.165, 1.54) is 22.3 Å². The van der Waals surface area contributed by atoms with Crippen LogP contribution in [0.1, 0.15) is 193 Å². The average molecular weight is 697 g/mol. The van der Waals surface area contributed by atoms with Crippen molar-refractivity contribution in [3.8, 4) is 0 Å². The van der Waals surface area contributed by atoms with E-state index in [0.29, 0.717) is 17.8 Å². The summed E-state index contributed by atoms with van der Waals surface area (Å²) in [6.07, 6.45) is 16.2. The van der Waals surface area contributed by atoms with Crippen LogP contribution in [0.25, 0.3) is 46.4 Å². The second-order valence-corrected chi connectivity index (χ2v) is 14.8. The van der Waals surface area contributed by atoms with Crippen LogP contribution in [0.4, 0.5) is 0 Å². The number of nitrogens with zero attached hydrogens (tertiary/aromatic N) is 2. The lowest BCUT2D eigenvalue weighted by Gasteiger charge is -2.18. The summed E-state index contributed by atoms with van der Waals surface area (Å²) < 4.78 is 0. The third kappa shape index (κ3) is 6.97. The minimum atomic E-state index is -0.794. The highest BCUT2D eigenvalue weighted by Crippen LogP contribution is 2.41. The number of benzene rings is 1. The molecular weight excluding hydrogens is 637 g/mol. The van der Waals surface area contributed by atoms with Crippen LogP contribution in [0.2, 0.25) is 0 Å². The lowest BCUT2D eigenvalue weighted by molar-refractivity contribution is 0.222. The van der Waals surface area contributed by atoms with Crippen molar-refractivity contribution >= 4 is 46.4 Å². The fourth-order valence-electron chi connectivity index (χ4n) is 8.93. The molecule has 1 atom stereocenters. The van der Waals surface area contributed by atoms with Crippen molar-refractivity contribution < 1.29 is 5.11 Å². The molecule has 6 rings (SSSR count). The van der Waals surface area contributed by atoms with Crippen LogP contribution < -0.4 is 0 Å². The van der Waals surface area contributed by atoms with Gasteiger partial charge < -0.3 is 15.1 Å². The van der Waals surface area contributed by atoms with E-state index in [0.717, 1.165) is 107 Å². The number of nitrogens with one attached hydrogen (secondary N) is 2. The van der Waals surface area contributed by atoms with Gasteiger partial charge in [-0.25, -0.2) is 9.97 Å². The lowest BCUT2D eigenvalue weighted by atomic mass is 9.90. The van der Waals surface area contributed by atoms with Crippen LogP contribution in [-0.4, -0.2) is 25.0 Å². The van der Waals surface area contributed by atoms with Gasteiger partial charge in [-0.1, -0.05) is 85.7 Å². The maximum Gasteiger partial charge on any atom is 0.106 e. The number of aliphatic hydroxyl groups excluding tert-OH is 1. The fourth-order valence-corrected chi connectivity index (χ4v) is 8.93. The highest BCUT2D eigenvalue weighted by atomic mass is 16.3. The molecule has 3 N–H and O–H groups in total. The average Bonchev–Trinajstić information content (AvgIpc) is 4.01. The van der Waals surface area contributed by atoms with E-state index < -0.39 is 6.10 Å². The first-order valence-electron chi connectivity index (χ1n) is 20.3. The SMILES string of the molecule is CCC(CC)c1c2nc(c(C(CC)CC)c3ccc([nH]3)c(C(CC)CC)c3cc(C(O)c4ccccc4)c([nH]3)c(C(CC)CC)c3nc1C=C3)C=C2. The number of aromatic nitrogens is 4. The first kappa shape index (κ1) is 37.5. The van der Waals surface area contributed by atoms with Crippen LogP contribution in [0.3, 0.4) is 0 Å². The summed E-state index contributed by atoms with van der Waals surface area (Å²) >= 11 is 0. The van der Waals surface area contributed by atoms with Gasteiger partial charge in [-0.3, -0.25) is 0 Å². The Morgan fingerprint density at radius 2 is 0.904 bits per heavy atom. The Bertz CT molecular complexity index is 2070. The molecule has 2 aliphatic heterocycles. The maximum atomic E-state index is 12.3. The third-order valence-corrected chi connectivity index (χ3v) is 12.0. The molecule has 0 saturated heterocycles. The summed E-state index contributed by atoms with van der Waals surface area (Å²) in [5.74, 6) is 1.27. The van der Waals surface area contributed by atoms with E-state index in [1.54, 1.807) is 0 Å². The van der Waals surface area contributed by atoms with Gasteiger partial charge in [0, 0.05) is 44.4 Å². The zero-order valence-corrected chi connectivity index (χ0v) is 32.8. The first-order chi connectivity index (χ1) is 25.3. The summed E-state index contributed by atoms with van der Waals surface area (Å²) in [7, 11) is 0. The number of rotatable bonds is 14. The van der Waals surface area contributed by atoms with Gasteiger partial charge in [0.25, 0.3) is 0 Å². The first-order valence-corrected chi connectivity index (χ1v) is 20.3. The Hall–Kier alpha value is -4.22. The Balaban J connectivity index is 1.89. The fraction of sp³-hybridized carbons (Fsp3) is 0.447. The van der Waals surface area contributed by atoms with E-state index in [-0.39, 0.29) is 5.92 Å². The molecule has 0 fully saturated rings. The number of aliphatic hydroxyl groups is 1. The maximum absolute atomic E-state index is 12.3. The van der Waals surface area contributed by atoms with Crippen molar-refractivity contribution in [2.24, 2.45) is 0 Å². The molecule has 5 nitrogen and oxygen atoms in total. The van der Waals surface area contributed by atoms with E-state index in [1.807, 2.05) is 30.3 Å². The zero-order valence-electron chi connectivity index (χ0n) is 32.8. The van der Waals surface area contributed by atoms with Crippen molar-refractivity contribution in [3.63, 3.8) is 0 Å². The number of hydrogen-bond acceptors (Lipinski definition) is 3. The van der Waals surface area contributed by atoms with E-state index >= 15 is 0 Å². The Kier molecular flexibility index (Phi) is 12.0. The molecule has 0 aliphatic carbocycles. The number of H-pyrrole nitrogens is 2. The van der Waals surface area contributed by atoms with E-state index in [4.69, 9.17) is 9.97 Å². The predicted octanol–water partition coefficient (Wildman–Crippen LogP) is 13.4. The van der Waals surface area contributed by atoms with Crippen molar-refractivity contribution in [1.82, 2.24) is 19.9 Å². The number of aromatic amines is 2. The summed E-state index contributed by atoms with van der Waals surface area (Å²) in [4.78, 5) is 19.0. The molecule has 3 aromatic heterocycles. The molecule has 52 heavy (non-hydrogen) atoms. The third-order valence-electron chi connectivity index (χ3n) is 12.0. The Morgan fingerprint density at radius 1 is 0.481 bits per heavy atom. The molecule has 1 unspecified atom stereocenters. The second kappa shape index (κ2) is 16.6. The smallest absolute Gasteiger partial charge is 0.106 e. The molecule has 5 heteroatoms. The quantitative estimate of drug-likeness (QED) is 0.106. The summed E-state index contributed by atoms with van der Waals surface area (Å²) in [5.41, 5.74) is 15.2. The minimum absolute atomic E-state index is 0.251. The van der Waals surface area contributed by atoms with Crippen LogP contribution in [0, 0.1) is 0 Å². The Morgan fingerprint density at radius 3 is 1.42 bits per heavy atom. The molecule has 8 bridgehead atoms. The summed E-state index contributed by atoms with van der Waals surface area (Å²) in [6.45, 7) is 18.3. The molecule has 274 valence electrons. The van der Waals surface area contributed by atoms with Crippen molar-refractivity contribution in [2.75, 3.05) is 0 Å². The van der Waals surface area contributed by atoms with Crippen LogP contribution in [-0.2, 0) is 0 Å². The number of fused-ring (bicyclic) bond motifs is 8. The lowest BCUT2D eigenvalue weighted by Crippen LogP contribution is -2.05. The van der Waals surface area contributed by atoms with Gasteiger partial charge in [0.2, 0.25) is 0 Å².